The first kappa shape index (κ1) is 15.5. The van der Waals surface area contributed by atoms with Crippen LogP contribution in [0.1, 0.15) is 11.1 Å². The van der Waals surface area contributed by atoms with E-state index in [1.54, 1.807) is 24.3 Å². The maximum atomic E-state index is 12.4. The summed E-state index contributed by atoms with van der Waals surface area (Å²) in [7, 11) is -3.70. The van der Waals surface area contributed by atoms with Crippen molar-refractivity contribution in [3.8, 4) is 0 Å². The Kier molecular flexibility index (Phi) is 4.32. The van der Waals surface area contributed by atoms with E-state index >= 15 is 0 Å². The van der Waals surface area contributed by atoms with Gasteiger partial charge in [0.05, 0.1) is 11.3 Å². The molecule has 0 N–H and O–H groups in total. The summed E-state index contributed by atoms with van der Waals surface area (Å²) < 4.78 is 61.2. The molecule has 0 saturated carbocycles. The minimum atomic E-state index is -4.53. The van der Waals surface area contributed by atoms with Gasteiger partial charge in [0, 0.05) is 6.20 Å². The number of hydrogen-bond donors (Lipinski definition) is 0. The molecule has 0 bridgehead atoms. The molecule has 2 rings (SSSR count). The summed E-state index contributed by atoms with van der Waals surface area (Å²) in [6.07, 6.45) is -3.71. The summed E-state index contributed by atoms with van der Waals surface area (Å²) in [6, 6.07) is 10.6. The van der Waals surface area contributed by atoms with Gasteiger partial charge in [0.25, 0.3) is 0 Å². The Balaban J connectivity index is 2.13. The number of benzene rings is 1. The highest BCUT2D eigenvalue weighted by atomic mass is 32.2. The average molecular weight is 315 g/mol. The van der Waals surface area contributed by atoms with Gasteiger partial charge in [0.1, 0.15) is 0 Å². The molecule has 1 aromatic carbocycles. The van der Waals surface area contributed by atoms with Gasteiger partial charge < -0.3 is 0 Å². The molecule has 0 aliphatic heterocycles. The van der Waals surface area contributed by atoms with E-state index in [0.29, 0.717) is 6.20 Å². The molecule has 2 aromatic rings. The van der Waals surface area contributed by atoms with Crippen molar-refractivity contribution < 1.29 is 21.6 Å². The Morgan fingerprint density at radius 1 is 1.00 bits per heavy atom. The average Bonchev–Trinajstić information content (AvgIpc) is 2.46. The highest BCUT2D eigenvalue weighted by molar-refractivity contribution is 7.91. The van der Waals surface area contributed by atoms with Crippen LogP contribution in [0, 0.1) is 0 Å². The number of hydrogen-bond acceptors (Lipinski definition) is 3. The Bertz CT molecular complexity index is 695. The van der Waals surface area contributed by atoms with Crippen LogP contribution in [0.15, 0.2) is 53.7 Å². The second-order valence-electron chi connectivity index (χ2n) is 4.44. The molecule has 0 spiro atoms. The molecule has 0 radical (unpaired) electrons. The first-order valence-electron chi connectivity index (χ1n) is 6.09. The smallest absolute Gasteiger partial charge is 0.244 e. The maximum Gasteiger partial charge on any atom is 0.417 e. The van der Waals surface area contributed by atoms with Crippen molar-refractivity contribution in [3.63, 3.8) is 0 Å². The van der Waals surface area contributed by atoms with E-state index in [-0.39, 0.29) is 17.2 Å². The minimum absolute atomic E-state index is 0.199. The van der Waals surface area contributed by atoms with Crippen LogP contribution in [0.25, 0.3) is 0 Å². The zero-order chi connectivity index (χ0) is 15.5. The normalized spacial score (nSPS) is 12.3. The number of aromatic nitrogens is 1. The molecule has 0 atom stereocenters. The van der Waals surface area contributed by atoms with E-state index in [2.05, 4.69) is 4.98 Å². The number of sulfone groups is 1. The second-order valence-corrected chi connectivity index (χ2v) is 6.49. The standard InChI is InChI=1S/C14H12F3NO2S/c15-14(16,17)12-6-7-13(18-10-12)21(19,20)9-8-11-4-2-1-3-5-11/h1-7,10H,8-9H2. The number of pyridine rings is 1. The van der Waals surface area contributed by atoms with Gasteiger partial charge in [-0.1, -0.05) is 30.3 Å². The Labute approximate surface area is 120 Å². The molecule has 0 aliphatic rings. The highest BCUT2D eigenvalue weighted by Gasteiger charge is 2.31. The predicted octanol–water partition coefficient (Wildman–Crippen LogP) is 3.12. The van der Waals surface area contributed by atoms with E-state index < -0.39 is 21.6 Å². The molecular weight excluding hydrogens is 303 g/mol. The fourth-order valence-electron chi connectivity index (χ4n) is 1.73. The van der Waals surface area contributed by atoms with E-state index in [1.165, 1.54) is 0 Å². The molecule has 0 saturated heterocycles. The number of alkyl halides is 3. The van der Waals surface area contributed by atoms with Gasteiger partial charge in [-0.3, -0.25) is 0 Å². The molecule has 112 valence electrons. The lowest BCUT2D eigenvalue weighted by atomic mass is 10.2. The third-order valence-corrected chi connectivity index (χ3v) is 4.50. The van der Waals surface area contributed by atoms with Crippen LogP contribution < -0.4 is 0 Å². The summed E-state index contributed by atoms with van der Waals surface area (Å²) in [5.41, 5.74) is -0.127. The zero-order valence-electron chi connectivity index (χ0n) is 10.8. The van der Waals surface area contributed by atoms with Gasteiger partial charge in [0.15, 0.2) is 14.9 Å². The van der Waals surface area contributed by atoms with Crippen molar-refractivity contribution in [2.24, 2.45) is 0 Å². The van der Waals surface area contributed by atoms with E-state index in [0.717, 1.165) is 17.7 Å². The van der Waals surface area contributed by atoms with Crippen LogP contribution in [-0.2, 0) is 22.4 Å². The van der Waals surface area contributed by atoms with Gasteiger partial charge in [-0.05, 0) is 24.1 Å². The van der Waals surface area contributed by atoms with E-state index in [4.69, 9.17) is 0 Å². The van der Waals surface area contributed by atoms with E-state index in [9.17, 15) is 21.6 Å². The first-order chi connectivity index (χ1) is 9.79. The fourth-order valence-corrected chi connectivity index (χ4v) is 2.94. The molecule has 1 aromatic heterocycles. The van der Waals surface area contributed by atoms with Crippen LogP contribution in [0.5, 0.6) is 0 Å². The lowest BCUT2D eigenvalue weighted by molar-refractivity contribution is -0.137. The monoisotopic (exact) mass is 315 g/mol. The van der Waals surface area contributed by atoms with Crippen molar-refractivity contribution in [2.75, 3.05) is 5.75 Å². The van der Waals surface area contributed by atoms with Crippen LogP contribution in [-0.4, -0.2) is 19.2 Å². The minimum Gasteiger partial charge on any atom is -0.244 e. The third-order valence-electron chi connectivity index (χ3n) is 2.88. The maximum absolute atomic E-state index is 12.4. The molecule has 0 aliphatic carbocycles. The third kappa shape index (κ3) is 4.04. The predicted molar refractivity (Wildman–Crippen MR) is 71.4 cm³/mol. The Hall–Kier alpha value is -1.89. The van der Waals surface area contributed by atoms with Crippen molar-refractivity contribution >= 4 is 9.84 Å². The van der Waals surface area contributed by atoms with Crippen molar-refractivity contribution in [3.05, 3.63) is 59.8 Å². The first-order valence-corrected chi connectivity index (χ1v) is 7.74. The molecule has 7 heteroatoms. The van der Waals surface area contributed by atoms with Crippen molar-refractivity contribution in [1.82, 2.24) is 4.98 Å². The zero-order valence-corrected chi connectivity index (χ0v) is 11.7. The summed E-state index contributed by atoms with van der Waals surface area (Å²) >= 11 is 0. The number of nitrogens with zero attached hydrogens (tertiary/aromatic N) is 1. The molecular formula is C14H12F3NO2S. The highest BCUT2D eigenvalue weighted by Crippen LogP contribution is 2.28. The lowest BCUT2D eigenvalue weighted by Gasteiger charge is -2.07. The Morgan fingerprint density at radius 2 is 1.67 bits per heavy atom. The largest absolute Gasteiger partial charge is 0.417 e. The van der Waals surface area contributed by atoms with Gasteiger partial charge >= 0.3 is 6.18 Å². The number of halogens is 3. The SMILES string of the molecule is O=S(=O)(CCc1ccccc1)c1ccc(C(F)(F)F)cn1. The number of aryl methyl sites for hydroxylation is 1. The van der Waals surface area contributed by atoms with Crippen molar-refractivity contribution in [1.29, 1.82) is 0 Å². The quantitative estimate of drug-likeness (QED) is 0.871. The topological polar surface area (TPSA) is 47.0 Å². The molecule has 1 heterocycles. The van der Waals surface area contributed by atoms with Crippen LogP contribution in [0.4, 0.5) is 13.2 Å². The summed E-state index contributed by atoms with van der Waals surface area (Å²) in [4.78, 5) is 3.42. The summed E-state index contributed by atoms with van der Waals surface area (Å²) in [6.45, 7) is 0. The fraction of sp³-hybridized carbons (Fsp3) is 0.214. The van der Waals surface area contributed by atoms with Gasteiger partial charge in [0.2, 0.25) is 0 Å². The Morgan fingerprint density at radius 3 is 2.19 bits per heavy atom. The summed E-state index contributed by atoms with van der Waals surface area (Å²) in [5.74, 6) is -0.199. The van der Waals surface area contributed by atoms with Gasteiger partial charge in [-0.15, -0.1) is 0 Å². The molecule has 0 unspecified atom stereocenters. The lowest BCUT2D eigenvalue weighted by Crippen LogP contribution is -2.12. The summed E-state index contributed by atoms with van der Waals surface area (Å²) in [5, 5.41) is -0.341. The van der Waals surface area contributed by atoms with E-state index in [1.807, 2.05) is 6.07 Å². The molecule has 0 amide bonds. The molecule has 21 heavy (non-hydrogen) atoms. The number of rotatable bonds is 4. The van der Waals surface area contributed by atoms with Gasteiger partial charge in [-0.2, -0.15) is 13.2 Å². The molecule has 3 nitrogen and oxygen atoms in total. The van der Waals surface area contributed by atoms with Crippen LogP contribution in [0.2, 0.25) is 0 Å². The van der Waals surface area contributed by atoms with Crippen LogP contribution >= 0.6 is 0 Å². The van der Waals surface area contributed by atoms with Crippen molar-refractivity contribution in [2.45, 2.75) is 17.6 Å². The second kappa shape index (κ2) is 5.85. The van der Waals surface area contributed by atoms with Crippen LogP contribution in [0.3, 0.4) is 0 Å². The molecule has 0 fully saturated rings. The van der Waals surface area contributed by atoms with Gasteiger partial charge in [-0.25, -0.2) is 13.4 Å².